The van der Waals surface area contributed by atoms with Gasteiger partial charge in [-0.15, -0.1) is 12.4 Å². The third-order valence-electron chi connectivity index (χ3n) is 3.70. The zero-order valence-electron chi connectivity index (χ0n) is 13.2. The number of hydrogen-bond acceptors (Lipinski definition) is 4. The fraction of sp³-hybridized carbons (Fsp3) is 0.533. The van der Waals surface area contributed by atoms with Gasteiger partial charge in [0.1, 0.15) is 0 Å². The Morgan fingerprint density at radius 3 is 2.30 bits per heavy atom. The predicted molar refractivity (Wildman–Crippen MR) is 92.1 cm³/mol. The molecule has 1 aromatic carbocycles. The van der Waals surface area contributed by atoms with Gasteiger partial charge in [0.05, 0.1) is 11.4 Å². The summed E-state index contributed by atoms with van der Waals surface area (Å²) in [5.74, 6) is -0.0903. The zero-order valence-corrected chi connectivity index (χ0v) is 14.9. The van der Waals surface area contributed by atoms with Gasteiger partial charge in [-0.25, -0.2) is 8.42 Å². The van der Waals surface area contributed by atoms with Crippen LogP contribution in [0.2, 0.25) is 0 Å². The number of hydrogen-bond donors (Lipinski definition) is 2. The molecule has 0 aliphatic carbocycles. The minimum Gasteiger partial charge on any atom is -0.351 e. The highest BCUT2D eigenvalue weighted by Gasteiger charge is 2.25. The number of carbonyl (C=O) groups excluding carboxylic acids is 1. The molecule has 1 heterocycles. The number of benzene rings is 1. The maximum Gasteiger partial charge on any atom is 0.243 e. The van der Waals surface area contributed by atoms with Gasteiger partial charge in [0, 0.05) is 19.6 Å². The summed E-state index contributed by atoms with van der Waals surface area (Å²) in [7, 11) is -1.67. The number of rotatable bonds is 6. The maximum atomic E-state index is 12.5. The van der Waals surface area contributed by atoms with Gasteiger partial charge in [-0.3, -0.25) is 4.79 Å². The number of nitrogens with zero attached hydrogens (tertiary/aromatic N) is 1. The molecule has 0 aromatic heterocycles. The lowest BCUT2D eigenvalue weighted by Gasteiger charge is -2.25. The lowest BCUT2D eigenvalue weighted by Crippen LogP contribution is -2.35. The molecule has 0 unspecified atom stereocenters. The summed E-state index contributed by atoms with van der Waals surface area (Å²) in [4.78, 5) is 11.7. The summed E-state index contributed by atoms with van der Waals surface area (Å²) >= 11 is 0. The second-order valence-corrected chi connectivity index (χ2v) is 7.35. The molecule has 1 saturated heterocycles. The molecule has 2 N–H and O–H groups in total. The van der Waals surface area contributed by atoms with Gasteiger partial charge in [0.2, 0.25) is 15.9 Å². The molecule has 8 heteroatoms. The van der Waals surface area contributed by atoms with Crippen molar-refractivity contribution < 1.29 is 13.2 Å². The second kappa shape index (κ2) is 9.22. The van der Waals surface area contributed by atoms with Crippen molar-refractivity contribution in [3.8, 4) is 0 Å². The van der Waals surface area contributed by atoms with Gasteiger partial charge in [-0.2, -0.15) is 4.31 Å². The van der Waals surface area contributed by atoms with Crippen molar-refractivity contribution in [3.63, 3.8) is 0 Å². The molecule has 1 amide bonds. The molecule has 1 aliphatic heterocycles. The van der Waals surface area contributed by atoms with E-state index in [-0.39, 0.29) is 24.9 Å². The van der Waals surface area contributed by atoms with Gasteiger partial charge in [-0.05, 0) is 37.6 Å². The first-order valence-corrected chi connectivity index (χ1v) is 8.98. The highest BCUT2D eigenvalue weighted by Crippen LogP contribution is 2.20. The van der Waals surface area contributed by atoms with Crippen LogP contribution < -0.4 is 10.6 Å². The second-order valence-electron chi connectivity index (χ2n) is 5.42. The van der Waals surface area contributed by atoms with E-state index in [2.05, 4.69) is 10.6 Å². The quantitative estimate of drug-likeness (QED) is 0.795. The fourth-order valence-corrected chi connectivity index (χ4v) is 3.97. The molecule has 0 spiro atoms. The number of amides is 1. The van der Waals surface area contributed by atoms with Crippen molar-refractivity contribution in [3.05, 3.63) is 29.8 Å². The molecule has 1 aliphatic rings. The molecule has 0 bridgehead atoms. The monoisotopic (exact) mass is 361 g/mol. The highest BCUT2D eigenvalue weighted by molar-refractivity contribution is 7.89. The van der Waals surface area contributed by atoms with Crippen molar-refractivity contribution in [1.29, 1.82) is 0 Å². The number of nitrogens with one attached hydrogen (secondary N) is 2. The normalized spacial score (nSPS) is 15.7. The molecule has 1 fully saturated rings. The number of carbonyl (C=O) groups is 1. The molecule has 0 radical (unpaired) electrons. The number of likely N-dealkylation sites (N-methyl/N-ethyl adjacent to an activating group) is 1. The summed E-state index contributed by atoms with van der Waals surface area (Å²) in [6, 6.07) is 6.72. The van der Waals surface area contributed by atoms with Crippen molar-refractivity contribution in [2.75, 3.05) is 26.7 Å². The van der Waals surface area contributed by atoms with E-state index in [9.17, 15) is 13.2 Å². The largest absolute Gasteiger partial charge is 0.351 e. The van der Waals surface area contributed by atoms with Gasteiger partial charge >= 0.3 is 0 Å². The van der Waals surface area contributed by atoms with Crippen LogP contribution in [0.3, 0.4) is 0 Å². The average molecular weight is 362 g/mol. The van der Waals surface area contributed by atoms with Crippen LogP contribution in [-0.2, 0) is 21.4 Å². The molecule has 2 rings (SSSR count). The van der Waals surface area contributed by atoms with Crippen molar-refractivity contribution >= 4 is 28.3 Å². The molecule has 130 valence electrons. The molecule has 23 heavy (non-hydrogen) atoms. The Bertz CT molecular complexity index is 599. The third-order valence-corrected chi connectivity index (χ3v) is 5.62. The van der Waals surface area contributed by atoms with Gasteiger partial charge in [-0.1, -0.05) is 18.6 Å². The lowest BCUT2D eigenvalue weighted by molar-refractivity contribution is -0.120. The lowest BCUT2D eigenvalue weighted by atomic mass is 10.2. The fourth-order valence-electron chi connectivity index (χ4n) is 2.46. The van der Waals surface area contributed by atoms with Crippen LogP contribution in [0.5, 0.6) is 0 Å². The average Bonchev–Trinajstić information content (AvgIpc) is 2.54. The first-order valence-electron chi connectivity index (χ1n) is 7.54. The van der Waals surface area contributed by atoms with Crippen LogP contribution in [0.25, 0.3) is 0 Å². The summed E-state index contributed by atoms with van der Waals surface area (Å²) in [5, 5.41) is 5.53. The van der Waals surface area contributed by atoms with E-state index in [0.717, 1.165) is 24.8 Å². The van der Waals surface area contributed by atoms with E-state index < -0.39 is 10.0 Å². The van der Waals surface area contributed by atoms with E-state index >= 15 is 0 Å². The van der Waals surface area contributed by atoms with Crippen LogP contribution in [0.1, 0.15) is 24.8 Å². The maximum absolute atomic E-state index is 12.5. The summed E-state index contributed by atoms with van der Waals surface area (Å²) in [5.41, 5.74) is 0.877. The number of piperidine rings is 1. The number of halogens is 1. The highest BCUT2D eigenvalue weighted by atomic mass is 35.5. The summed E-state index contributed by atoms with van der Waals surface area (Å²) < 4.78 is 26.6. The van der Waals surface area contributed by atoms with Crippen molar-refractivity contribution in [2.24, 2.45) is 0 Å². The van der Waals surface area contributed by atoms with Gasteiger partial charge in [0.15, 0.2) is 0 Å². The van der Waals surface area contributed by atoms with E-state index in [4.69, 9.17) is 0 Å². The van der Waals surface area contributed by atoms with Gasteiger partial charge in [0.25, 0.3) is 0 Å². The molecular formula is C15H24ClN3O3S. The molecule has 1 aromatic rings. The molecule has 0 saturated carbocycles. The third kappa shape index (κ3) is 5.46. The van der Waals surface area contributed by atoms with Crippen molar-refractivity contribution in [1.82, 2.24) is 14.9 Å². The molecule has 0 atom stereocenters. The Morgan fingerprint density at radius 2 is 1.74 bits per heavy atom. The van der Waals surface area contributed by atoms with Crippen LogP contribution >= 0.6 is 12.4 Å². The Balaban J connectivity index is 0.00000264. The van der Waals surface area contributed by atoms with Crippen LogP contribution in [0, 0.1) is 0 Å². The topological polar surface area (TPSA) is 78.5 Å². The zero-order chi connectivity index (χ0) is 16.0. The van der Waals surface area contributed by atoms with Crippen LogP contribution in [0.4, 0.5) is 0 Å². The first kappa shape index (κ1) is 19.9. The Morgan fingerprint density at radius 1 is 1.13 bits per heavy atom. The van der Waals surface area contributed by atoms with E-state index in [1.165, 1.54) is 0 Å². The van der Waals surface area contributed by atoms with Crippen LogP contribution in [-0.4, -0.2) is 45.3 Å². The van der Waals surface area contributed by atoms with Crippen molar-refractivity contribution in [2.45, 2.75) is 30.7 Å². The summed E-state index contributed by atoms with van der Waals surface area (Å²) in [6.07, 6.45) is 2.95. The minimum absolute atomic E-state index is 0. The summed E-state index contributed by atoms with van der Waals surface area (Å²) in [6.45, 7) is 1.86. The molecular weight excluding hydrogens is 338 g/mol. The minimum atomic E-state index is -3.38. The molecule has 6 nitrogen and oxygen atoms in total. The first-order chi connectivity index (χ1) is 10.5. The predicted octanol–water partition coefficient (Wildman–Crippen LogP) is 1.12. The van der Waals surface area contributed by atoms with Crippen LogP contribution in [0.15, 0.2) is 29.2 Å². The SMILES string of the molecule is CNCC(=O)NCc1ccc(S(=O)(=O)N2CCCCC2)cc1.Cl. The Labute approximate surface area is 144 Å². The Hall–Kier alpha value is -1.15. The standard InChI is InChI=1S/C15H23N3O3S.ClH/c1-16-12-15(19)17-11-13-5-7-14(8-6-13)22(20,21)18-9-3-2-4-10-18;/h5-8,16H,2-4,9-12H2,1H3,(H,17,19);1H. The Kier molecular flexibility index (Phi) is 7.98. The van der Waals surface area contributed by atoms with E-state index in [0.29, 0.717) is 24.5 Å². The van der Waals surface area contributed by atoms with E-state index in [1.54, 1.807) is 35.6 Å². The van der Waals surface area contributed by atoms with Gasteiger partial charge < -0.3 is 10.6 Å². The smallest absolute Gasteiger partial charge is 0.243 e. The number of sulfonamides is 1. The van der Waals surface area contributed by atoms with E-state index in [1.807, 2.05) is 0 Å².